The van der Waals surface area contributed by atoms with Gasteiger partial charge < -0.3 is 0 Å². The Balaban J connectivity index is 1.66. The summed E-state index contributed by atoms with van der Waals surface area (Å²) in [5.41, 5.74) is 4.12. The van der Waals surface area contributed by atoms with Gasteiger partial charge in [0, 0.05) is 35.0 Å². The molecule has 0 saturated carbocycles. The monoisotopic (exact) mass is 529 g/mol. The molecule has 0 atom stereocenters. The number of nitrogens with zero attached hydrogens (tertiary/aromatic N) is 5. The van der Waals surface area contributed by atoms with E-state index in [9.17, 15) is 25.0 Å². The van der Waals surface area contributed by atoms with Gasteiger partial charge in [-0.25, -0.2) is 4.68 Å². The highest BCUT2D eigenvalue weighted by atomic mass is 16.6. The standard InChI is InChI=1S/C31H23N5O4/c1-20-11-13-22(14-12-20)18-34-30(37)27(21(2)28(17-32)31(34)38)16-24-19-35(25-8-4-3-5-9-25)33-29(24)23-7-6-10-26(15-23)36(39)40/h3-16,19H,18H2,1-2H3/b27-16+. The Morgan fingerprint density at radius 1 is 0.975 bits per heavy atom. The van der Waals surface area contributed by atoms with Crippen LogP contribution in [0.1, 0.15) is 23.6 Å². The van der Waals surface area contributed by atoms with Gasteiger partial charge in [0.05, 0.1) is 17.2 Å². The lowest BCUT2D eigenvalue weighted by Gasteiger charge is -2.27. The molecule has 2 amide bonds. The zero-order valence-electron chi connectivity index (χ0n) is 21.7. The van der Waals surface area contributed by atoms with Crippen LogP contribution in [0.25, 0.3) is 23.0 Å². The van der Waals surface area contributed by atoms with E-state index in [1.165, 1.54) is 12.1 Å². The summed E-state index contributed by atoms with van der Waals surface area (Å²) in [6.07, 6.45) is 3.30. The Kier molecular flexibility index (Phi) is 6.91. The topological polar surface area (TPSA) is 122 Å². The number of nitro groups is 1. The summed E-state index contributed by atoms with van der Waals surface area (Å²) in [5.74, 6) is -1.19. The van der Waals surface area contributed by atoms with E-state index in [-0.39, 0.29) is 29.0 Å². The number of hydrogen-bond donors (Lipinski definition) is 0. The molecule has 196 valence electrons. The minimum atomic E-state index is -0.651. The maximum atomic E-state index is 13.7. The molecule has 0 saturated heterocycles. The Morgan fingerprint density at radius 2 is 1.70 bits per heavy atom. The number of hydrogen-bond acceptors (Lipinski definition) is 6. The molecule has 1 aromatic heterocycles. The van der Waals surface area contributed by atoms with Gasteiger partial charge >= 0.3 is 0 Å². The molecule has 0 N–H and O–H groups in total. The van der Waals surface area contributed by atoms with E-state index < -0.39 is 16.7 Å². The highest BCUT2D eigenvalue weighted by Gasteiger charge is 2.35. The van der Waals surface area contributed by atoms with Gasteiger partial charge in [0.2, 0.25) is 0 Å². The average Bonchev–Trinajstić information content (AvgIpc) is 3.39. The average molecular weight is 530 g/mol. The van der Waals surface area contributed by atoms with E-state index in [2.05, 4.69) is 0 Å². The minimum Gasteiger partial charge on any atom is -0.269 e. The fraction of sp³-hybridized carbons (Fsp3) is 0.0968. The smallest absolute Gasteiger partial charge is 0.269 e. The second-order valence-corrected chi connectivity index (χ2v) is 9.37. The van der Waals surface area contributed by atoms with Gasteiger partial charge in [-0.15, -0.1) is 0 Å². The van der Waals surface area contributed by atoms with E-state index in [4.69, 9.17) is 5.10 Å². The SMILES string of the molecule is CC1=C(C#N)C(=O)N(Cc2ccc(C)cc2)C(=O)/C1=C/c1cn(-c2ccccc2)nc1-c1cccc([N+](=O)[O-])c1. The molecule has 4 aromatic rings. The van der Waals surface area contributed by atoms with Gasteiger partial charge in [-0.05, 0) is 43.2 Å². The molecule has 0 radical (unpaired) electrons. The summed E-state index contributed by atoms with van der Waals surface area (Å²) in [6.45, 7) is 3.52. The Bertz CT molecular complexity index is 1760. The fourth-order valence-corrected chi connectivity index (χ4v) is 4.50. The Morgan fingerprint density at radius 3 is 2.38 bits per heavy atom. The van der Waals surface area contributed by atoms with Crippen molar-refractivity contribution in [3.63, 3.8) is 0 Å². The van der Waals surface area contributed by atoms with Gasteiger partial charge in [0.15, 0.2) is 0 Å². The van der Waals surface area contributed by atoms with Crippen molar-refractivity contribution in [2.45, 2.75) is 20.4 Å². The summed E-state index contributed by atoms with van der Waals surface area (Å²) < 4.78 is 1.62. The number of rotatable bonds is 6. The van der Waals surface area contributed by atoms with Crippen LogP contribution in [0.4, 0.5) is 5.69 Å². The van der Waals surface area contributed by atoms with Crippen molar-refractivity contribution in [2.75, 3.05) is 0 Å². The molecule has 2 heterocycles. The lowest BCUT2D eigenvalue weighted by atomic mass is 9.93. The minimum absolute atomic E-state index is 0.00869. The molecule has 9 nitrogen and oxygen atoms in total. The maximum absolute atomic E-state index is 13.7. The number of carbonyl (C=O) groups excluding carboxylic acids is 2. The second kappa shape index (κ2) is 10.6. The lowest BCUT2D eigenvalue weighted by Crippen LogP contribution is -2.42. The Hall–Kier alpha value is -5.62. The largest absolute Gasteiger partial charge is 0.271 e. The summed E-state index contributed by atoms with van der Waals surface area (Å²) in [5, 5.41) is 26.0. The number of nitro benzene ring substituents is 1. The van der Waals surface area contributed by atoms with Crippen LogP contribution in [0.15, 0.2) is 102 Å². The summed E-state index contributed by atoms with van der Waals surface area (Å²) in [6, 6.07) is 24.8. The third-order valence-corrected chi connectivity index (χ3v) is 6.68. The number of nitriles is 1. The number of para-hydroxylation sites is 1. The summed E-state index contributed by atoms with van der Waals surface area (Å²) in [4.78, 5) is 38.9. The molecule has 0 fully saturated rings. The van der Waals surface area contributed by atoms with Gasteiger partial charge in [-0.2, -0.15) is 10.4 Å². The van der Waals surface area contributed by atoms with E-state index >= 15 is 0 Å². The van der Waals surface area contributed by atoms with Gasteiger partial charge in [-0.3, -0.25) is 24.6 Å². The van der Waals surface area contributed by atoms with Gasteiger partial charge in [0.1, 0.15) is 17.3 Å². The van der Waals surface area contributed by atoms with E-state index in [1.807, 2.05) is 67.6 Å². The van der Waals surface area contributed by atoms with Crippen LogP contribution < -0.4 is 0 Å². The zero-order valence-corrected chi connectivity index (χ0v) is 21.7. The van der Waals surface area contributed by atoms with Gasteiger partial charge in [0.25, 0.3) is 17.5 Å². The van der Waals surface area contributed by atoms with Crippen LogP contribution in [0.3, 0.4) is 0 Å². The Labute approximate surface area is 230 Å². The van der Waals surface area contributed by atoms with Crippen LogP contribution in [0.5, 0.6) is 0 Å². The van der Waals surface area contributed by atoms with E-state index in [1.54, 1.807) is 36.0 Å². The highest BCUT2D eigenvalue weighted by Crippen LogP contribution is 2.32. The lowest BCUT2D eigenvalue weighted by molar-refractivity contribution is -0.384. The summed E-state index contributed by atoms with van der Waals surface area (Å²) >= 11 is 0. The molecule has 0 aliphatic carbocycles. The molecule has 40 heavy (non-hydrogen) atoms. The van der Waals surface area contributed by atoms with Crippen LogP contribution >= 0.6 is 0 Å². The number of carbonyl (C=O) groups is 2. The van der Waals surface area contributed by atoms with Crippen molar-refractivity contribution in [3.8, 4) is 23.0 Å². The predicted octanol–water partition coefficient (Wildman–Crippen LogP) is 5.55. The van der Waals surface area contributed by atoms with Crippen LogP contribution in [-0.4, -0.2) is 31.4 Å². The van der Waals surface area contributed by atoms with Crippen molar-refractivity contribution >= 4 is 23.6 Å². The molecule has 1 aliphatic rings. The van der Waals surface area contributed by atoms with Crippen molar-refractivity contribution in [2.24, 2.45) is 0 Å². The highest BCUT2D eigenvalue weighted by molar-refractivity contribution is 6.19. The quantitative estimate of drug-likeness (QED) is 0.140. The number of amides is 2. The molecule has 0 bridgehead atoms. The maximum Gasteiger partial charge on any atom is 0.271 e. The van der Waals surface area contributed by atoms with Gasteiger partial charge in [-0.1, -0.05) is 60.2 Å². The summed E-state index contributed by atoms with van der Waals surface area (Å²) in [7, 11) is 0. The van der Waals surface area contributed by atoms with Crippen molar-refractivity contribution < 1.29 is 14.5 Å². The van der Waals surface area contributed by atoms with Crippen LogP contribution in [0.2, 0.25) is 0 Å². The molecule has 0 unspecified atom stereocenters. The second-order valence-electron chi connectivity index (χ2n) is 9.37. The number of benzene rings is 3. The van der Waals surface area contributed by atoms with Crippen molar-refractivity contribution in [3.05, 3.63) is 129 Å². The van der Waals surface area contributed by atoms with Crippen molar-refractivity contribution in [1.82, 2.24) is 14.7 Å². The number of non-ortho nitro benzene ring substituents is 1. The number of aromatic nitrogens is 2. The first kappa shape index (κ1) is 26.0. The van der Waals surface area contributed by atoms with E-state index in [0.29, 0.717) is 16.8 Å². The first-order valence-corrected chi connectivity index (χ1v) is 12.4. The van der Waals surface area contributed by atoms with E-state index in [0.717, 1.165) is 21.7 Å². The molecular weight excluding hydrogens is 506 g/mol. The molecule has 1 aliphatic heterocycles. The number of imide groups is 1. The predicted molar refractivity (Wildman–Crippen MR) is 149 cm³/mol. The third-order valence-electron chi connectivity index (χ3n) is 6.68. The zero-order chi connectivity index (χ0) is 28.4. The number of aryl methyl sites for hydroxylation is 1. The molecule has 9 heteroatoms. The molecular formula is C31H23N5O4. The molecule has 5 rings (SSSR count). The van der Waals surface area contributed by atoms with Crippen molar-refractivity contribution in [1.29, 1.82) is 5.26 Å². The third kappa shape index (κ3) is 4.93. The first-order valence-electron chi connectivity index (χ1n) is 12.4. The van der Waals surface area contributed by atoms with Crippen LogP contribution in [-0.2, 0) is 16.1 Å². The normalized spacial score (nSPS) is 14.5. The first-order chi connectivity index (χ1) is 19.3. The molecule has 3 aromatic carbocycles. The van der Waals surface area contributed by atoms with Crippen LogP contribution in [0, 0.1) is 28.4 Å². The fourth-order valence-electron chi connectivity index (χ4n) is 4.50. The molecule has 0 spiro atoms.